The Labute approximate surface area is 190 Å². The number of hydrogen-bond donors (Lipinski definition) is 2. The zero-order valence-electron chi connectivity index (χ0n) is 18.8. The number of hydrogen-bond acceptors (Lipinski definition) is 6. The Morgan fingerprint density at radius 2 is 2.00 bits per heavy atom. The molecule has 1 aliphatic carbocycles. The number of methoxy groups -OCH3 is 1. The smallest absolute Gasteiger partial charge is 0.407 e. The monoisotopic (exact) mass is 446 g/mol. The van der Waals surface area contributed by atoms with Crippen LogP contribution in [0.1, 0.15) is 30.9 Å². The minimum atomic E-state index is -0.445. The Kier molecular flexibility index (Phi) is 5.24. The van der Waals surface area contributed by atoms with E-state index in [1.54, 1.807) is 17.8 Å². The van der Waals surface area contributed by atoms with E-state index in [1.165, 1.54) is 7.11 Å². The number of alkyl carbamates (subject to hydrolysis) is 1. The van der Waals surface area contributed by atoms with Crippen LogP contribution in [0.3, 0.4) is 0 Å². The lowest BCUT2D eigenvalue weighted by Gasteiger charge is -2.14. The fourth-order valence-electron chi connectivity index (χ4n) is 4.72. The molecule has 2 atom stereocenters. The van der Waals surface area contributed by atoms with Gasteiger partial charge in [-0.15, -0.1) is 0 Å². The molecule has 4 aromatic rings. The number of rotatable bonds is 4. The van der Waals surface area contributed by atoms with E-state index in [0.29, 0.717) is 18.1 Å². The van der Waals surface area contributed by atoms with Gasteiger partial charge in [0.15, 0.2) is 0 Å². The summed E-state index contributed by atoms with van der Waals surface area (Å²) in [5, 5.41) is 7.21. The van der Waals surface area contributed by atoms with Crippen LogP contribution in [0, 0.1) is 6.92 Å². The van der Waals surface area contributed by atoms with Crippen LogP contribution in [0.25, 0.3) is 21.9 Å². The maximum absolute atomic E-state index is 13.1. The van der Waals surface area contributed by atoms with E-state index in [4.69, 9.17) is 9.72 Å². The topological polar surface area (TPSA) is 103 Å². The molecule has 1 aliphatic rings. The second-order valence-electron chi connectivity index (χ2n) is 8.54. The van der Waals surface area contributed by atoms with Gasteiger partial charge in [-0.3, -0.25) is 9.13 Å². The molecule has 0 bridgehead atoms. The Morgan fingerprint density at radius 1 is 1.15 bits per heavy atom. The highest BCUT2D eigenvalue weighted by Crippen LogP contribution is 2.32. The van der Waals surface area contributed by atoms with Gasteiger partial charge in [0.1, 0.15) is 11.6 Å². The first-order valence-corrected chi connectivity index (χ1v) is 11.0. The summed E-state index contributed by atoms with van der Waals surface area (Å²) in [4.78, 5) is 33.9. The molecule has 170 valence electrons. The van der Waals surface area contributed by atoms with Gasteiger partial charge in [-0.25, -0.2) is 19.6 Å². The third-order valence-electron chi connectivity index (χ3n) is 6.43. The van der Waals surface area contributed by atoms with Crippen LogP contribution in [0.15, 0.2) is 47.4 Å². The van der Waals surface area contributed by atoms with Crippen molar-refractivity contribution in [2.45, 2.75) is 38.3 Å². The first-order valence-electron chi connectivity index (χ1n) is 11.0. The number of para-hydroxylation sites is 1. The summed E-state index contributed by atoms with van der Waals surface area (Å²) in [6.07, 6.45) is 3.52. The fraction of sp³-hybridized carbons (Fsp3) is 0.333. The molecule has 5 rings (SSSR count). The van der Waals surface area contributed by atoms with Gasteiger partial charge in [-0.1, -0.05) is 18.2 Å². The lowest BCUT2D eigenvalue weighted by Crippen LogP contribution is -2.33. The highest BCUT2D eigenvalue weighted by Gasteiger charge is 2.30. The molecule has 0 aliphatic heterocycles. The van der Waals surface area contributed by atoms with E-state index >= 15 is 0 Å². The SMILES string of the molecule is COC(=O)N[C@@H]1CC[C@@H](n2c(=O)n(C)c3cnc(Nc4ccc5cccc(C)c5n4)cc32)C1. The van der Waals surface area contributed by atoms with Crippen molar-refractivity contribution in [3.05, 3.63) is 58.6 Å². The average molecular weight is 447 g/mol. The number of imidazole rings is 1. The predicted octanol–water partition coefficient (Wildman–Crippen LogP) is 3.78. The van der Waals surface area contributed by atoms with Gasteiger partial charge in [0.25, 0.3) is 0 Å². The third-order valence-corrected chi connectivity index (χ3v) is 6.43. The Balaban J connectivity index is 1.47. The van der Waals surface area contributed by atoms with Crippen LogP contribution in [0.4, 0.5) is 16.4 Å². The van der Waals surface area contributed by atoms with Gasteiger partial charge in [-0.05, 0) is 43.9 Å². The van der Waals surface area contributed by atoms with Gasteiger partial charge < -0.3 is 15.4 Å². The van der Waals surface area contributed by atoms with Crippen LogP contribution in [0.2, 0.25) is 0 Å². The molecule has 2 N–H and O–H groups in total. The number of anilines is 2. The summed E-state index contributed by atoms with van der Waals surface area (Å²) in [7, 11) is 3.10. The standard InChI is InChI=1S/C24H26N6O3/c1-14-5-4-6-15-7-10-20(28-22(14)15)27-21-12-18-19(13-25-21)29(2)24(32)30(18)17-9-8-16(11-17)26-23(31)33-3/h4-7,10,12-13,16-17H,8-9,11H2,1-3H3,(H,26,31)(H,25,27,28)/t16-,17-/m1/s1. The number of carbonyl (C=O) groups excluding carboxylic acids is 1. The van der Waals surface area contributed by atoms with Crippen molar-refractivity contribution in [3.8, 4) is 0 Å². The Hall–Kier alpha value is -3.88. The van der Waals surface area contributed by atoms with E-state index in [1.807, 2.05) is 47.9 Å². The van der Waals surface area contributed by atoms with Crippen molar-refractivity contribution >= 4 is 39.7 Å². The van der Waals surface area contributed by atoms with Crippen LogP contribution in [-0.4, -0.2) is 38.3 Å². The molecular formula is C24H26N6O3. The lowest BCUT2D eigenvalue weighted by atomic mass is 10.1. The highest BCUT2D eigenvalue weighted by atomic mass is 16.5. The molecule has 9 heteroatoms. The van der Waals surface area contributed by atoms with E-state index in [0.717, 1.165) is 40.3 Å². The largest absolute Gasteiger partial charge is 0.453 e. The number of nitrogens with one attached hydrogen (secondary N) is 2. The minimum Gasteiger partial charge on any atom is -0.453 e. The number of fused-ring (bicyclic) bond motifs is 2. The quantitative estimate of drug-likeness (QED) is 0.495. The molecule has 1 aromatic carbocycles. The molecule has 33 heavy (non-hydrogen) atoms. The number of aromatic nitrogens is 4. The maximum atomic E-state index is 13.1. The second kappa shape index (κ2) is 8.23. The van der Waals surface area contributed by atoms with Crippen molar-refractivity contribution in [2.75, 3.05) is 12.4 Å². The van der Waals surface area contributed by atoms with Gasteiger partial charge in [-0.2, -0.15) is 0 Å². The maximum Gasteiger partial charge on any atom is 0.407 e. The zero-order chi connectivity index (χ0) is 23.1. The minimum absolute atomic E-state index is 0.0138. The molecule has 1 amide bonds. The van der Waals surface area contributed by atoms with E-state index < -0.39 is 6.09 Å². The Morgan fingerprint density at radius 3 is 2.82 bits per heavy atom. The lowest BCUT2D eigenvalue weighted by molar-refractivity contribution is 0.166. The van der Waals surface area contributed by atoms with Gasteiger partial charge in [0.05, 0.1) is 29.9 Å². The molecule has 0 saturated heterocycles. The number of amides is 1. The van der Waals surface area contributed by atoms with Crippen LogP contribution >= 0.6 is 0 Å². The summed E-state index contributed by atoms with van der Waals surface area (Å²) in [6.45, 7) is 2.04. The summed E-state index contributed by atoms with van der Waals surface area (Å²) in [5.74, 6) is 1.31. The number of benzene rings is 1. The van der Waals surface area contributed by atoms with Gasteiger partial charge >= 0.3 is 11.8 Å². The van der Waals surface area contributed by atoms with E-state index in [2.05, 4.69) is 15.6 Å². The molecule has 3 aromatic heterocycles. The van der Waals surface area contributed by atoms with E-state index in [-0.39, 0.29) is 17.8 Å². The normalized spacial score (nSPS) is 18.0. The second-order valence-corrected chi connectivity index (χ2v) is 8.54. The summed E-state index contributed by atoms with van der Waals surface area (Å²) >= 11 is 0. The first kappa shape index (κ1) is 21.0. The molecule has 1 fully saturated rings. The highest BCUT2D eigenvalue weighted by molar-refractivity contribution is 5.84. The number of pyridine rings is 2. The van der Waals surface area contributed by atoms with Crippen molar-refractivity contribution < 1.29 is 9.53 Å². The third kappa shape index (κ3) is 3.79. The Bertz CT molecular complexity index is 1420. The molecule has 9 nitrogen and oxygen atoms in total. The van der Waals surface area contributed by atoms with Crippen molar-refractivity contribution in [2.24, 2.45) is 7.05 Å². The molecule has 0 unspecified atom stereocenters. The summed E-state index contributed by atoms with van der Waals surface area (Å²) in [6, 6.07) is 11.9. The molecule has 0 spiro atoms. The molecular weight excluding hydrogens is 420 g/mol. The van der Waals surface area contributed by atoms with Crippen molar-refractivity contribution in [3.63, 3.8) is 0 Å². The number of carbonyl (C=O) groups is 1. The predicted molar refractivity (Wildman–Crippen MR) is 127 cm³/mol. The van der Waals surface area contributed by atoms with Crippen LogP contribution in [-0.2, 0) is 11.8 Å². The first-order chi connectivity index (χ1) is 15.9. The summed E-state index contributed by atoms with van der Waals surface area (Å²) in [5.41, 5.74) is 3.52. The number of nitrogens with zero attached hydrogens (tertiary/aromatic N) is 4. The van der Waals surface area contributed by atoms with E-state index in [9.17, 15) is 9.59 Å². The van der Waals surface area contributed by atoms with Gasteiger partial charge in [0, 0.05) is 30.6 Å². The average Bonchev–Trinajstić information content (AvgIpc) is 3.36. The van der Waals surface area contributed by atoms with Gasteiger partial charge in [0.2, 0.25) is 0 Å². The van der Waals surface area contributed by atoms with Crippen molar-refractivity contribution in [1.29, 1.82) is 0 Å². The molecule has 1 saturated carbocycles. The van der Waals surface area contributed by atoms with Crippen LogP contribution in [0.5, 0.6) is 0 Å². The summed E-state index contributed by atoms with van der Waals surface area (Å²) < 4.78 is 8.15. The zero-order valence-corrected chi connectivity index (χ0v) is 18.8. The molecule has 0 radical (unpaired) electrons. The number of aryl methyl sites for hydroxylation is 2. The fourth-order valence-corrected chi connectivity index (χ4v) is 4.72. The van der Waals surface area contributed by atoms with Crippen molar-refractivity contribution in [1.82, 2.24) is 24.4 Å². The number of ether oxygens (including phenoxy) is 1. The molecule has 3 heterocycles. The van der Waals surface area contributed by atoms with Crippen LogP contribution < -0.4 is 16.3 Å².